The monoisotopic (exact) mass is 358 g/mol. The van der Waals surface area contributed by atoms with Gasteiger partial charge in [0.25, 0.3) is 0 Å². The van der Waals surface area contributed by atoms with Crippen molar-refractivity contribution in [1.29, 1.82) is 0 Å². The lowest BCUT2D eigenvalue weighted by molar-refractivity contribution is -0.191. The van der Waals surface area contributed by atoms with Crippen molar-refractivity contribution in [2.75, 3.05) is 0 Å². The van der Waals surface area contributed by atoms with Crippen LogP contribution in [0.2, 0.25) is 5.02 Å². The van der Waals surface area contributed by atoms with Crippen LogP contribution in [0.5, 0.6) is 0 Å². The van der Waals surface area contributed by atoms with Crippen molar-refractivity contribution in [3.8, 4) is 0 Å². The Morgan fingerprint density at radius 3 is 2.40 bits per heavy atom. The van der Waals surface area contributed by atoms with Crippen molar-refractivity contribution in [1.82, 2.24) is 9.97 Å². The van der Waals surface area contributed by atoms with Gasteiger partial charge in [0.15, 0.2) is 0 Å². The number of H-pyrrole nitrogens is 1. The highest BCUT2D eigenvalue weighted by molar-refractivity contribution is 6.30. The minimum Gasteiger partial charge on any atom is -0.481 e. The number of carboxylic acids is 1. The van der Waals surface area contributed by atoms with Gasteiger partial charge < -0.3 is 10.1 Å². The van der Waals surface area contributed by atoms with Gasteiger partial charge in [-0.2, -0.15) is 9.59 Å². The number of halogens is 1. The lowest BCUT2D eigenvalue weighted by Crippen LogP contribution is -2.10. The van der Waals surface area contributed by atoms with E-state index in [4.69, 9.17) is 26.3 Å². The smallest absolute Gasteiger partial charge is 0.373 e. The highest BCUT2D eigenvalue weighted by atomic mass is 35.5. The van der Waals surface area contributed by atoms with Gasteiger partial charge >= 0.3 is 12.1 Å². The first-order chi connectivity index (χ1) is 12.0. The third-order valence-corrected chi connectivity index (χ3v) is 3.89. The third kappa shape index (κ3) is 5.28. The van der Waals surface area contributed by atoms with Crippen LogP contribution < -0.4 is 0 Å². The molecule has 2 N–H and O–H groups in total. The number of aliphatic carboxylic acids is 1. The summed E-state index contributed by atoms with van der Waals surface area (Å²) in [5.74, 6) is -0.172. The van der Waals surface area contributed by atoms with Crippen LogP contribution in [0.3, 0.4) is 0 Å². The fraction of sp³-hybridized carbons (Fsp3) is 0.167. The number of aromatic amines is 1. The van der Waals surface area contributed by atoms with Gasteiger partial charge in [0.2, 0.25) is 0 Å². The normalized spacial score (nSPS) is 11.2. The number of imidazole rings is 1. The number of aromatic nitrogens is 2. The maximum Gasteiger partial charge on any atom is 0.373 e. The number of para-hydroxylation sites is 2. The van der Waals surface area contributed by atoms with E-state index in [0.29, 0.717) is 11.4 Å². The Labute approximate surface area is 148 Å². The summed E-state index contributed by atoms with van der Waals surface area (Å²) in [6.45, 7) is 0. The van der Waals surface area contributed by atoms with E-state index < -0.39 is 5.97 Å². The van der Waals surface area contributed by atoms with Crippen LogP contribution in [0.1, 0.15) is 23.7 Å². The van der Waals surface area contributed by atoms with Crippen molar-refractivity contribution < 1.29 is 19.5 Å². The summed E-state index contributed by atoms with van der Waals surface area (Å²) in [4.78, 5) is 35.2. The molecule has 0 saturated carbocycles. The second-order valence-corrected chi connectivity index (χ2v) is 5.77. The van der Waals surface area contributed by atoms with Crippen LogP contribution in [0.25, 0.3) is 11.0 Å². The quantitative estimate of drug-likeness (QED) is 0.727. The number of nitrogens with one attached hydrogen (secondary N) is 1. The number of rotatable bonds is 5. The molecule has 25 heavy (non-hydrogen) atoms. The standard InChI is InChI=1S/C17H15ClN2O2.CO2/c18-13-7-5-11(6-8-13)12(10-17(21)22)9-16-19-14-3-1-2-4-15(14)20-16;2-1-3/h1-8,12H,9-10H2,(H,19,20)(H,21,22);. The van der Waals surface area contributed by atoms with Crippen LogP contribution in [0, 0.1) is 0 Å². The molecule has 0 fully saturated rings. The van der Waals surface area contributed by atoms with Crippen LogP contribution >= 0.6 is 11.6 Å². The molecule has 3 rings (SSSR count). The van der Waals surface area contributed by atoms with Crippen molar-refractivity contribution in [2.45, 2.75) is 18.8 Å². The zero-order valence-electron chi connectivity index (χ0n) is 13.1. The first-order valence-corrected chi connectivity index (χ1v) is 7.81. The molecular weight excluding hydrogens is 344 g/mol. The third-order valence-electron chi connectivity index (χ3n) is 3.64. The Hall–Kier alpha value is -2.95. The summed E-state index contributed by atoms with van der Waals surface area (Å²) in [7, 11) is 0. The summed E-state index contributed by atoms with van der Waals surface area (Å²) < 4.78 is 0. The van der Waals surface area contributed by atoms with E-state index in [-0.39, 0.29) is 18.5 Å². The molecule has 1 heterocycles. The summed E-state index contributed by atoms with van der Waals surface area (Å²) in [6.07, 6.45) is 0.849. The molecule has 0 aliphatic carbocycles. The highest BCUT2D eigenvalue weighted by Crippen LogP contribution is 2.26. The van der Waals surface area contributed by atoms with E-state index in [0.717, 1.165) is 22.4 Å². The van der Waals surface area contributed by atoms with Gasteiger partial charge in [-0.05, 0) is 29.8 Å². The van der Waals surface area contributed by atoms with Gasteiger partial charge in [-0.1, -0.05) is 35.9 Å². The van der Waals surface area contributed by atoms with Crippen LogP contribution in [0.15, 0.2) is 48.5 Å². The summed E-state index contributed by atoms with van der Waals surface area (Å²) in [6, 6.07) is 15.1. The number of benzene rings is 2. The zero-order valence-corrected chi connectivity index (χ0v) is 13.9. The summed E-state index contributed by atoms with van der Waals surface area (Å²) in [5, 5.41) is 9.80. The Morgan fingerprint density at radius 1 is 1.16 bits per heavy atom. The number of hydrogen-bond donors (Lipinski definition) is 2. The van der Waals surface area contributed by atoms with E-state index in [9.17, 15) is 4.79 Å². The zero-order chi connectivity index (χ0) is 18.2. The second kappa shape index (κ2) is 8.78. The fourth-order valence-corrected chi connectivity index (χ4v) is 2.72. The first kappa shape index (κ1) is 18.4. The average molecular weight is 359 g/mol. The predicted octanol–water partition coefficient (Wildman–Crippen LogP) is 3.43. The highest BCUT2D eigenvalue weighted by Gasteiger charge is 2.18. The predicted molar refractivity (Wildman–Crippen MR) is 91.3 cm³/mol. The number of carbonyl (C=O) groups excluding carboxylic acids is 2. The lowest BCUT2D eigenvalue weighted by atomic mass is 9.92. The number of nitrogens with zero attached hydrogens (tertiary/aromatic N) is 1. The molecule has 0 aliphatic rings. The number of fused-ring (bicyclic) bond motifs is 1. The van der Waals surface area contributed by atoms with E-state index in [1.54, 1.807) is 12.1 Å². The van der Waals surface area contributed by atoms with Crippen LogP contribution in [-0.2, 0) is 20.8 Å². The second-order valence-electron chi connectivity index (χ2n) is 5.33. The maximum atomic E-state index is 11.2. The van der Waals surface area contributed by atoms with Gasteiger partial charge in [-0.15, -0.1) is 0 Å². The summed E-state index contributed by atoms with van der Waals surface area (Å²) in [5.41, 5.74) is 2.80. The molecule has 7 heteroatoms. The van der Waals surface area contributed by atoms with E-state index in [1.807, 2.05) is 36.4 Å². The molecule has 0 spiro atoms. The molecular formula is C18H15ClN2O4. The van der Waals surface area contributed by atoms with Crippen molar-refractivity contribution in [2.24, 2.45) is 0 Å². The largest absolute Gasteiger partial charge is 0.481 e. The lowest BCUT2D eigenvalue weighted by Gasteiger charge is -2.14. The Balaban J connectivity index is 0.000000701. The van der Waals surface area contributed by atoms with Crippen LogP contribution in [-0.4, -0.2) is 27.2 Å². The van der Waals surface area contributed by atoms with E-state index in [2.05, 4.69) is 9.97 Å². The molecule has 1 aromatic heterocycles. The number of carboxylic acid groups (broad SMARTS) is 1. The van der Waals surface area contributed by atoms with Crippen molar-refractivity contribution in [3.05, 3.63) is 64.9 Å². The van der Waals surface area contributed by atoms with E-state index >= 15 is 0 Å². The molecule has 0 bridgehead atoms. The minimum atomic E-state index is -0.823. The van der Waals surface area contributed by atoms with Crippen molar-refractivity contribution >= 4 is 34.8 Å². The molecule has 0 saturated heterocycles. The van der Waals surface area contributed by atoms with Gasteiger partial charge in [0, 0.05) is 17.4 Å². The Morgan fingerprint density at radius 2 is 1.80 bits per heavy atom. The molecule has 2 aromatic carbocycles. The van der Waals surface area contributed by atoms with Gasteiger partial charge in [0.05, 0.1) is 17.5 Å². The number of carbonyl (C=O) groups is 1. The van der Waals surface area contributed by atoms with Crippen LogP contribution in [0.4, 0.5) is 0 Å². The van der Waals surface area contributed by atoms with Gasteiger partial charge in [-0.25, -0.2) is 4.98 Å². The molecule has 128 valence electrons. The molecule has 6 nitrogen and oxygen atoms in total. The average Bonchev–Trinajstić information content (AvgIpc) is 2.97. The summed E-state index contributed by atoms with van der Waals surface area (Å²) >= 11 is 5.90. The Bertz CT molecular complexity index is 850. The molecule has 0 amide bonds. The molecule has 0 radical (unpaired) electrons. The Kier molecular flexibility index (Phi) is 6.46. The molecule has 1 atom stereocenters. The van der Waals surface area contributed by atoms with Gasteiger partial charge in [-0.3, -0.25) is 4.79 Å². The van der Waals surface area contributed by atoms with Gasteiger partial charge in [0.1, 0.15) is 5.82 Å². The molecule has 0 aliphatic heterocycles. The number of hydrogen-bond acceptors (Lipinski definition) is 4. The fourth-order valence-electron chi connectivity index (χ4n) is 2.59. The SMILES string of the molecule is O=C(O)CC(Cc1nc2ccccc2[nH]1)c1ccc(Cl)cc1.O=C=O. The van der Waals surface area contributed by atoms with Crippen molar-refractivity contribution in [3.63, 3.8) is 0 Å². The van der Waals surface area contributed by atoms with E-state index in [1.165, 1.54) is 0 Å². The molecule has 3 aromatic rings. The maximum absolute atomic E-state index is 11.2. The minimum absolute atomic E-state index is 0.0542. The molecule has 1 unspecified atom stereocenters. The first-order valence-electron chi connectivity index (χ1n) is 7.43. The topological polar surface area (TPSA) is 100 Å².